The van der Waals surface area contributed by atoms with E-state index in [4.69, 9.17) is 9.47 Å². The van der Waals surface area contributed by atoms with Gasteiger partial charge >= 0.3 is 0 Å². The maximum atomic E-state index is 13.9. The van der Waals surface area contributed by atoms with Crippen molar-refractivity contribution in [3.8, 4) is 5.75 Å². The van der Waals surface area contributed by atoms with E-state index in [1.165, 1.54) is 0 Å². The third-order valence-corrected chi connectivity index (χ3v) is 5.13. The molecule has 1 aliphatic heterocycles. The van der Waals surface area contributed by atoms with Crippen molar-refractivity contribution in [3.63, 3.8) is 0 Å². The van der Waals surface area contributed by atoms with Crippen molar-refractivity contribution < 1.29 is 27.8 Å². The number of benzene rings is 2. The zero-order valence-corrected chi connectivity index (χ0v) is 17.5. The number of piperidine rings is 1. The van der Waals surface area contributed by atoms with Gasteiger partial charge in [0.05, 0.1) is 5.60 Å². The standard InChI is InChI=1S/C23H28F3NO3/c1-23(2,3)30-22(28)27-10-8-15(9-11-27)18-7-5-4-6-16(18)14-29-21-19(25)12-17(24)13-20(21)26/h4-7,12-13,15,22,28H,8-11,14H2,1-3H3. The summed E-state index contributed by atoms with van der Waals surface area (Å²) >= 11 is 0. The first-order valence-corrected chi connectivity index (χ1v) is 10.1. The highest BCUT2D eigenvalue weighted by molar-refractivity contribution is 5.32. The lowest BCUT2D eigenvalue weighted by Gasteiger charge is -2.37. The molecule has 30 heavy (non-hydrogen) atoms. The van der Waals surface area contributed by atoms with E-state index in [9.17, 15) is 18.3 Å². The minimum atomic E-state index is -1.06. The summed E-state index contributed by atoms with van der Waals surface area (Å²) in [6, 6.07) is 8.81. The first-order chi connectivity index (χ1) is 14.1. The van der Waals surface area contributed by atoms with E-state index in [0.29, 0.717) is 25.2 Å². The number of nitrogens with zero attached hydrogens (tertiary/aromatic N) is 1. The van der Waals surface area contributed by atoms with Gasteiger partial charge in [0.1, 0.15) is 12.4 Å². The van der Waals surface area contributed by atoms with Crippen molar-refractivity contribution in [2.75, 3.05) is 13.1 Å². The molecule has 0 bridgehead atoms. The van der Waals surface area contributed by atoms with Crippen LogP contribution in [0.15, 0.2) is 36.4 Å². The van der Waals surface area contributed by atoms with Gasteiger partial charge in [-0.1, -0.05) is 24.3 Å². The minimum absolute atomic E-state index is 0.0222. The Morgan fingerprint density at radius 2 is 1.67 bits per heavy atom. The molecule has 164 valence electrons. The quantitative estimate of drug-likeness (QED) is 0.668. The average molecular weight is 423 g/mol. The first kappa shape index (κ1) is 22.6. The van der Waals surface area contributed by atoms with Crippen LogP contribution in [0.2, 0.25) is 0 Å². The van der Waals surface area contributed by atoms with Gasteiger partial charge in [-0.3, -0.25) is 4.90 Å². The van der Waals surface area contributed by atoms with Gasteiger partial charge in [0.25, 0.3) is 0 Å². The van der Waals surface area contributed by atoms with Crippen LogP contribution in [0.4, 0.5) is 13.2 Å². The van der Waals surface area contributed by atoms with E-state index in [1.807, 2.05) is 49.9 Å². The third kappa shape index (κ3) is 5.74. The summed E-state index contributed by atoms with van der Waals surface area (Å²) in [5.74, 6) is -3.46. The van der Waals surface area contributed by atoms with Crippen LogP contribution in [-0.4, -0.2) is 35.1 Å². The third-order valence-electron chi connectivity index (χ3n) is 5.13. The second kappa shape index (κ2) is 9.37. The molecule has 0 amide bonds. The fraction of sp³-hybridized carbons (Fsp3) is 0.478. The molecule has 1 aliphatic rings. The van der Waals surface area contributed by atoms with Gasteiger partial charge in [-0.05, 0) is 50.7 Å². The Morgan fingerprint density at radius 3 is 2.27 bits per heavy atom. The Bertz CT molecular complexity index is 838. The summed E-state index contributed by atoms with van der Waals surface area (Å²) < 4.78 is 51.8. The predicted molar refractivity (Wildman–Crippen MR) is 107 cm³/mol. The van der Waals surface area contributed by atoms with E-state index in [1.54, 1.807) is 0 Å². The van der Waals surface area contributed by atoms with Gasteiger partial charge in [0.2, 0.25) is 6.41 Å². The number of ether oxygens (including phenoxy) is 2. The SMILES string of the molecule is CC(C)(C)OC(O)N1CCC(c2ccccc2COc2c(F)cc(F)cc2F)CC1. The number of rotatable bonds is 6. The summed E-state index contributed by atoms with van der Waals surface area (Å²) in [6.07, 6.45) is 0.663. The molecule has 0 aliphatic carbocycles. The summed E-state index contributed by atoms with van der Waals surface area (Å²) in [5.41, 5.74) is 1.43. The van der Waals surface area contributed by atoms with E-state index < -0.39 is 35.2 Å². The van der Waals surface area contributed by atoms with Crippen molar-refractivity contribution >= 4 is 0 Å². The molecule has 1 unspecified atom stereocenters. The molecule has 2 aromatic rings. The zero-order chi connectivity index (χ0) is 21.9. The van der Waals surface area contributed by atoms with Crippen molar-refractivity contribution in [2.24, 2.45) is 0 Å². The molecule has 0 radical (unpaired) electrons. The van der Waals surface area contributed by atoms with Crippen LogP contribution in [0.5, 0.6) is 5.75 Å². The second-order valence-corrected chi connectivity index (χ2v) is 8.55. The molecule has 1 fully saturated rings. The van der Waals surface area contributed by atoms with Crippen molar-refractivity contribution in [1.29, 1.82) is 0 Å². The normalized spacial score (nSPS) is 17.2. The molecule has 4 nitrogen and oxygen atoms in total. The average Bonchev–Trinajstić information content (AvgIpc) is 2.66. The van der Waals surface area contributed by atoms with Crippen LogP contribution >= 0.6 is 0 Å². The van der Waals surface area contributed by atoms with Crippen LogP contribution in [-0.2, 0) is 11.3 Å². The molecule has 0 spiro atoms. The molecule has 2 aromatic carbocycles. The number of halogens is 3. The second-order valence-electron chi connectivity index (χ2n) is 8.55. The summed E-state index contributed by atoms with van der Waals surface area (Å²) in [5, 5.41) is 10.3. The Hall–Kier alpha value is -2.09. The summed E-state index contributed by atoms with van der Waals surface area (Å²) in [7, 11) is 0. The molecule has 7 heteroatoms. The largest absolute Gasteiger partial charge is 0.483 e. The summed E-state index contributed by atoms with van der Waals surface area (Å²) in [6.45, 7) is 6.99. The maximum Gasteiger partial charge on any atom is 0.216 e. The Balaban J connectivity index is 1.65. The van der Waals surface area contributed by atoms with Gasteiger partial charge in [-0.15, -0.1) is 0 Å². The monoisotopic (exact) mass is 423 g/mol. The lowest BCUT2D eigenvalue weighted by molar-refractivity contribution is -0.242. The van der Waals surface area contributed by atoms with E-state index in [-0.39, 0.29) is 12.5 Å². The number of hydrogen-bond acceptors (Lipinski definition) is 4. The van der Waals surface area contributed by atoms with E-state index in [0.717, 1.165) is 24.0 Å². The molecule has 1 saturated heterocycles. The Kier molecular flexibility index (Phi) is 7.06. The van der Waals surface area contributed by atoms with Crippen LogP contribution in [0, 0.1) is 17.5 Å². The van der Waals surface area contributed by atoms with Gasteiger partial charge in [0.15, 0.2) is 17.4 Å². The van der Waals surface area contributed by atoms with Gasteiger partial charge in [-0.25, -0.2) is 13.2 Å². The van der Waals surface area contributed by atoms with Gasteiger partial charge in [0, 0.05) is 25.2 Å². The van der Waals surface area contributed by atoms with Crippen molar-refractivity contribution in [2.45, 2.75) is 58.2 Å². The fourth-order valence-electron chi connectivity index (χ4n) is 3.70. The molecule has 1 N–H and O–H groups in total. The molecule has 1 atom stereocenters. The van der Waals surface area contributed by atoms with Crippen molar-refractivity contribution in [1.82, 2.24) is 4.90 Å². The van der Waals surface area contributed by atoms with E-state index >= 15 is 0 Å². The van der Waals surface area contributed by atoms with Gasteiger partial charge < -0.3 is 14.6 Å². The van der Waals surface area contributed by atoms with Gasteiger partial charge in [-0.2, -0.15) is 0 Å². The highest BCUT2D eigenvalue weighted by Gasteiger charge is 2.28. The summed E-state index contributed by atoms with van der Waals surface area (Å²) in [4.78, 5) is 1.89. The molecular weight excluding hydrogens is 395 g/mol. The highest BCUT2D eigenvalue weighted by Crippen LogP contribution is 2.32. The maximum absolute atomic E-state index is 13.9. The predicted octanol–water partition coefficient (Wildman–Crippen LogP) is 4.95. The highest BCUT2D eigenvalue weighted by atomic mass is 19.1. The van der Waals surface area contributed by atoms with Crippen LogP contribution in [0.25, 0.3) is 0 Å². The zero-order valence-electron chi connectivity index (χ0n) is 17.5. The minimum Gasteiger partial charge on any atom is -0.483 e. The molecule has 0 aromatic heterocycles. The van der Waals surface area contributed by atoms with Crippen molar-refractivity contribution in [3.05, 3.63) is 65.0 Å². The molecule has 1 heterocycles. The number of likely N-dealkylation sites (tertiary alicyclic amines) is 1. The van der Waals surface area contributed by atoms with Crippen LogP contribution in [0.1, 0.15) is 50.7 Å². The lowest BCUT2D eigenvalue weighted by atomic mass is 9.86. The lowest BCUT2D eigenvalue weighted by Crippen LogP contribution is -2.45. The van der Waals surface area contributed by atoms with E-state index in [2.05, 4.69) is 0 Å². The number of aliphatic hydroxyl groups is 1. The number of hydrogen-bond donors (Lipinski definition) is 1. The molecular formula is C23H28F3NO3. The topological polar surface area (TPSA) is 41.9 Å². The Morgan fingerprint density at radius 1 is 1.07 bits per heavy atom. The molecule has 0 saturated carbocycles. The first-order valence-electron chi connectivity index (χ1n) is 10.1. The van der Waals surface area contributed by atoms with Crippen LogP contribution < -0.4 is 4.74 Å². The molecule has 3 rings (SSSR count). The smallest absolute Gasteiger partial charge is 0.216 e. The van der Waals surface area contributed by atoms with Crippen LogP contribution in [0.3, 0.4) is 0 Å². The Labute approximate surface area is 175 Å². The number of aliphatic hydroxyl groups excluding tert-OH is 1. The fourth-order valence-corrected chi connectivity index (χ4v) is 3.70.